The van der Waals surface area contributed by atoms with E-state index in [1.807, 2.05) is 18.2 Å². The molecule has 2 aromatic rings. The fraction of sp³-hybridized carbons (Fsp3) is 0.385. The van der Waals surface area contributed by atoms with Crippen LogP contribution in [0.15, 0.2) is 28.9 Å². The number of methoxy groups -OCH3 is 1. The van der Waals surface area contributed by atoms with Gasteiger partial charge < -0.3 is 14.3 Å². The minimum Gasteiger partial charge on any atom is -0.497 e. The van der Waals surface area contributed by atoms with Gasteiger partial charge in [-0.2, -0.15) is 0 Å². The van der Waals surface area contributed by atoms with E-state index in [1.165, 1.54) is 0 Å². The molecule has 16 heavy (non-hydrogen) atoms. The van der Waals surface area contributed by atoms with Gasteiger partial charge in [-0.3, -0.25) is 0 Å². The number of hydrogen-bond acceptors (Lipinski definition) is 3. The molecule has 3 nitrogen and oxygen atoms in total. The average Bonchev–Trinajstić information content (AvgIpc) is 2.58. The topological polar surface area (TPSA) is 42.6 Å². The molecule has 0 amide bonds. The van der Waals surface area contributed by atoms with Gasteiger partial charge in [0.25, 0.3) is 0 Å². The molecule has 0 aliphatic rings. The largest absolute Gasteiger partial charge is 0.497 e. The van der Waals surface area contributed by atoms with Crippen LogP contribution in [0.4, 0.5) is 0 Å². The number of hydrogen-bond donors (Lipinski definition) is 1. The minimum atomic E-state index is -0.725. The highest BCUT2D eigenvalue weighted by Crippen LogP contribution is 2.27. The number of fused-ring (bicyclic) bond motifs is 1. The first kappa shape index (κ1) is 11.0. The summed E-state index contributed by atoms with van der Waals surface area (Å²) in [5.41, 5.74) is 1.08. The van der Waals surface area contributed by atoms with E-state index in [1.54, 1.807) is 27.2 Å². The number of ether oxygens (including phenoxy) is 1. The molecule has 1 N–H and O–H groups in total. The summed E-state index contributed by atoms with van der Waals surface area (Å²) in [5, 5.41) is 10.8. The predicted octanol–water partition coefficient (Wildman–Crippen LogP) is 2.75. The zero-order chi connectivity index (χ0) is 11.8. The first-order chi connectivity index (χ1) is 7.49. The van der Waals surface area contributed by atoms with E-state index in [0.29, 0.717) is 6.42 Å². The van der Waals surface area contributed by atoms with Gasteiger partial charge in [0, 0.05) is 23.4 Å². The van der Waals surface area contributed by atoms with E-state index in [0.717, 1.165) is 22.3 Å². The molecule has 0 saturated heterocycles. The van der Waals surface area contributed by atoms with Gasteiger partial charge in [0.1, 0.15) is 11.3 Å². The van der Waals surface area contributed by atoms with Crippen LogP contribution >= 0.6 is 0 Å². The molecule has 1 aromatic heterocycles. The third-order valence-corrected chi connectivity index (χ3v) is 2.49. The zero-order valence-corrected chi connectivity index (χ0v) is 9.78. The lowest BCUT2D eigenvalue weighted by molar-refractivity contribution is 0.0811. The van der Waals surface area contributed by atoms with Gasteiger partial charge in [-0.15, -0.1) is 0 Å². The maximum Gasteiger partial charge on any atom is 0.137 e. The van der Waals surface area contributed by atoms with E-state index < -0.39 is 5.60 Å². The maximum atomic E-state index is 9.78. The van der Waals surface area contributed by atoms with Crippen LogP contribution in [0.2, 0.25) is 0 Å². The molecule has 0 unspecified atom stereocenters. The SMILES string of the molecule is COc1ccc2c(CC(C)(C)O)coc2c1. The Bertz CT molecular complexity index is 491. The van der Waals surface area contributed by atoms with Gasteiger partial charge in [0.2, 0.25) is 0 Å². The molecule has 0 fully saturated rings. The third kappa shape index (κ3) is 2.19. The van der Waals surface area contributed by atoms with E-state index in [4.69, 9.17) is 9.15 Å². The van der Waals surface area contributed by atoms with E-state index in [9.17, 15) is 5.11 Å². The third-order valence-electron chi connectivity index (χ3n) is 2.49. The molecule has 3 heteroatoms. The Morgan fingerprint density at radius 2 is 2.12 bits per heavy atom. The lowest BCUT2D eigenvalue weighted by Crippen LogP contribution is -2.21. The van der Waals surface area contributed by atoms with Gasteiger partial charge in [0.15, 0.2) is 0 Å². The highest BCUT2D eigenvalue weighted by Gasteiger charge is 2.17. The molecular formula is C13H16O3. The van der Waals surface area contributed by atoms with Crippen molar-refractivity contribution in [1.29, 1.82) is 0 Å². The van der Waals surface area contributed by atoms with Crippen LogP contribution < -0.4 is 4.74 Å². The Labute approximate surface area is 94.6 Å². The van der Waals surface area contributed by atoms with Crippen LogP contribution in [0.1, 0.15) is 19.4 Å². The molecule has 0 saturated carbocycles. The first-order valence-corrected chi connectivity index (χ1v) is 5.26. The fourth-order valence-corrected chi connectivity index (χ4v) is 1.79. The summed E-state index contributed by atoms with van der Waals surface area (Å²) in [6.07, 6.45) is 2.27. The van der Waals surface area contributed by atoms with Crippen LogP contribution in [0.25, 0.3) is 11.0 Å². The molecule has 2 rings (SSSR count). The fourth-order valence-electron chi connectivity index (χ4n) is 1.79. The van der Waals surface area contributed by atoms with Gasteiger partial charge in [0.05, 0.1) is 19.0 Å². The smallest absolute Gasteiger partial charge is 0.137 e. The zero-order valence-electron chi connectivity index (χ0n) is 9.78. The molecule has 0 spiro atoms. The molecular weight excluding hydrogens is 204 g/mol. The Kier molecular flexibility index (Phi) is 2.64. The first-order valence-electron chi connectivity index (χ1n) is 5.26. The van der Waals surface area contributed by atoms with E-state index >= 15 is 0 Å². The van der Waals surface area contributed by atoms with Crippen LogP contribution in [0.5, 0.6) is 5.75 Å². The summed E-state index contributed by atoms with van der Waals surface area (Å²) in [7, 11) is 1.63. The van der Waals surface area contributed by atoms with Gasteiger partial charge in [-0.1, -0.05) is 0 Å². The number of aliphatic hydroxyl groups is 1. The average molecular weight is 220 g/mol. The number of rotatable bonds is 3. The molecule has 86 valence electrons. The highest BCUT2D eigenvalue weighted by atomic mass is 16.5. The number of furan rings is 1. The summed E-state index contributed by atoms with van der Waals surface area (Å²) in [4.78, 5) is 0. The molecule has 0 radical (unpaired) electrons. The number of benzene rings is 1. The molecule has 0 bridgehead atoms. The maximum absolute atomic E-state index is 9.78. The van der Waals surface area contributed by atoms with Crippen molar-refractivity contribution in [2.75, 3.05) is 7.11 Å². The van der Waals surface area contributed by atoms with Crippen molar-refractivity contribution in [2.24, 2.45) is 0 Å². The normalized spacial score (nSPS) is 12.0. The molecule has 0 aliphatic heterocycles. The lowest BCUT2D eigenvalue weighted by atomic mass is 9.98. The Hall–Kier alpha value is -1.48. The molecule has 1 aromatic carbocycles. The minimum absolute atomic E-state index is 0.576. The molecule has 0 aliphatic carbocycles. The predicted molar refractivity (Wildman–Crippen MR) is 62.8 cm³/mol. The van der Waals surface area contributed by atoms with Crippen molar-refractivity contribution in [2.45, 2.75) is 25.9 Å². The summed E-state index contributed by atoms with van der Waals surface area (Å²) in [5.74, 6) is 0.775. The van der Waals surface area contributed by atoms with Crippen molar-refractivity contribution < 1.29 is 14.3 Å². The highest BCUT2D eigenvalue weighted by molar-refractivity contribution is 5.82. The second-order valence-corrected chi connectivity index (χ2v) is 4.61. The van der Waals surface area contributed by atoms with Crippen LogP contribution in [-0.4, -0.2) is 17.8 Å². The standard InChI is InChI=1S/C13H16O3/c1-13(2,14)7-9-8-16-12-6-10(15-3)4-5-11(9)12/h4-6,8,14H,7H2,1-3H3. The Balaban J connectivity index is 2.42. The molecule has 0 atom stereocenters. The van der Waals surface area contributed by atoms with E-state index in [2.05, 4.69) is 0 Å². The van der Waals surface area contributed by atoms with Gasteiger partial charge in [-0.05, 0) is 26.0 Å². The van der Waals surface area contributed by atoms with Crippen molar-refractivity contribution in [1.82, 2.24) is 0 Å². The van der Waals surface area contributed by atoms with Crippen molar-refractivity contribution in [3.05, 3.63) is 30.0 Å². The van der Waals surface area contributed by atoms with E-state index in [-0.39, 0.29) is 0 Å². The summed E-state index contributed by atoms with van der Waals surface area (Å²) >= 11 is 0. The van der Waals surface area contributed by atoms with Crippen LogP contribution in [-0.2, 0) is 6.42 Å². The molecule has 1 heterocycles. The van der Waals surface area contributed by atoms with Gasteiger partial charge in [-0.25, -0.2) is 0 Å². The lowest BCUT2D eigenvalue weighted by Gasteiger charge is -2.15. The van der Waals surface area contributed by atoms with Crippen molar-refractivity contribution >= 4 is 11.0 Å². The second-order valence-electron chi connectivity index (χ2n) is 4.61. The van der Waals surface area contributed by atoms with Crippen LogP contribution in [0.3, 0.4) is 0 Å². The summed E-state index contributed by atoms with van der Waals surface area (Å²) in [6, 6.07) is 5.70. The second kappa shape index (κ2) is 3.83. The monoisotopic (exact) mass is 220 g/mol. The Morgan fingerprint density at radius 1 is 1.38 bits per heavy atom. The van der Waals surface area contributed by atoms with Crippen molar-refractivity contribution in [3.63, 3.8) is 0 Å². The van der Waals surface area contributed by atoms with Gasteiger partial charge >= 0.3 is 0 Å². The van der Waals surface area contributed by atoms with Crippen molar-refractivity contribution in [3.8, 4) is 5.75 Å². The summed E-state index contributed by atoms with van der Waals surface area (Å²) < 4.78 is 10.6. The Morgan fingerprint density at radius 3 is 2.75 bits per heavy atom. The van der Waals surface area contributed by atoms with Crippen LogP contribution in [0, 0.1) is 0 Å². The quantitative estimate of drug-likeness (QED) is 0.864. The summed E-state index contributed by atoms with van der Waals surface area (Å²) in [6.45, 7) is 3.57.